The fourth-order valence-corrected chi connectivity index (χ4v) is 4.09. The van der Waals surface area contributed by atoms with Crippen LogP contribution in [-0.2, 0) is 9.47 Å². The van der Waals surface area contributed by atoms with Gasteiger partial charge < -0.3 is 20.1 Å². The molecule has 0 spiro atoms. The van der Waals surface area contributed by atoms with E-state index >= 15 is 0 Å². The zero-order valence-electron chi connectivity index (χ0n) is 15.5. The van der Waals surface area contributed by atoms with Crippen molar-refractivity contribution in [3.05, 3.63) is 64.6 Å². The summed E-state index contributed by atoms with van der Waals surface area (Å²) in [4.78, 5) is 4.74. The van der Waals surface area contributed by atoms with Gasteiger partial charge in [-0.1, -0.05) is 24.8 Å². The predicted octanol–water partition coefficient (Wildman–Crippen LogP) is 2.55. The summed E-state index contributed by atoms with van der Waals surface area (Å²) in [6.07, 6.45) is 0.819. The third-order valence-electron chi connectivity index (χ3n) is 5.38. The van der Waals surface area contributed by atoms with Crippen LogP contribution in [0.5, 0.6) is 0 Å². The van der Waals surface area contributed by atoms with Crippen LogP contribution in [0.1, 0.15) is 12.0 Å². The number of fused-ring (bicyclic) bond motifs is 1. The lowest BCUT2D eigenvalue weighted by Crippen LogP contribution is -2.44. The maximum atomic E-state index is 5.92. The standard InChI is InChI=1S/C21H27N3O2/c1-15-5-3-4-6-20(15)24-16(2)17(7-8-22)18-13-26-14-19(18)21(24)23-9-11-25-12-10-23/h3-6H,2,7-14,22H2,1H3. The molecular formula is C21H27N3O2. The van der Waals surface area contributed by atoms with Crippen molar-refractivity contribution < 1.29 is 9.47 Å². The molecular weight excluding hydrogens is 326 g/mol. The topological polar surface area (TPSA) is 51.0 Å². The molecule has 0 aromatic heterocycles. The van der Waals surface area contributed by atoms with Crippen molar-refractivity contribution in [1.82, 2.24) is 4.90 Å². The lowest BCUT2D eigenvalue weighted by atomic mass is 9.92. The summed E-state index contributed by atoms with van der Waals surface area (Å²) in [5.41, 5.74) is 13.1. The van der Waals surface area contributed by atoms with Crippen LogP contribution >= 0.6 is 0 Å². The van der Waals surface area contributed by atoms with Gasteiger partial charge in [-0.3, -0.25) is 4.90 Å². The molecule has 26 heavy (non-hydrogen) atoms. The Kier molecular flexibility index (Phi) is 4.85. The van der Waals surface area contributed by atoms with Gasteiger partial charge in [0.1, 0.15) is 5.82 Å². The number of hydrogen-bond acceptors (Lipinski definition) is 5. The fourth-order valence-electron chi connectivity index (χ4n) is 4.09. The third-order valence-corrected chi connectivity index (χ3v) is 5.38. The minimum Gasteiger partial charge on any atom is -0.378 e. The number of morpholine rings is 1. The van der Waals surface area contributed by atoms with Gasteiger partial charge in [0.2, 0.25) is 0 Å². The number of hydrogen-bond donors (Lipinski definition) is 1. The Balaban J connectivity index is 1.89. The van der Waals surface area contributed by atoms with Gasteiger partial charge in [0.15, 0.2) is 0 Å². The second-order valence-corrected chi connectivity index (χ2v) is 6.96. The smallest absolute Gasteiger partial charge is 0.119 e. The molecule has 0 unspecified atom stereocenters. The lowest BCUT2D eigenvalue weighted by Gasteiger charge is -2.43. The largest absolute Gasteiger partial charge is 0.378 e. The summed E-state index contributed by atoms with van der Waals surface area (Å²) in [5.74, 6) is 1.21. The van der Waals surface area contributed by atoms with E-state index in [1.165, 1.54) is 33.8 Å². The Bertz CT molecular complexity index is 775. The van der Waals surface area contributed by atoms with E-state index in [4.69, 9.17) is 15.2 Å². The molecule has 2 N–H and O–H groups in total. The monoisotopic (exact) mass is 353 g/mol. The van der Waals surface area contributed by atoms with Gasteiger partial charge in [0.05, 0.1) is 32.1 Å². The van der Waals surface area contributed by atoms with E-state index in [-0.39, 0.29) is 0 Å². The molecule has 3 heterocycles. The van der Waals surface area contributed by atoms with Crippen molar-refractivity contribution in [2.24, 2.45) is 5.73 Å². The van der Waals surface area contributed by atoms with Crippen LogP contribution < -0.4 is 10.6 Å². The summed E-state index contributed by atoms with van der Waals surface area (Å²) < 4.78 is 11.5. The molecule has 0 atom stereocenters. The van der Waals surface area contributed by atoms with E-state index in [1.807, 2.05) is 0 Å². The lowest BCUT2D eigenvalue weighted by molar-refractivity contribution is 0.0520. The molecule has 1 aromatic rings. The van der Waals surface area contributed by atoms with Crippen molar-refractivity contribution in [2.75, 3.05) is 51.0 Å². The number of nitrogens with zero attached hydrogens (tertiary/aromatic N) is 2. The summed E-state index contributed by atoms with van der Waals surface area (Å²) in [7, 11) is 0. The second-order valence-electron chi connectivity index (χ2n) is 6.96. The summed E-state index contributed by atoms with van der Waals surface area (Å²) >= 11 is 0. The van der Waals surface area contributed by atoms with Gasteiger partial charge in [-0.2, -0.15) is 0 Å². The number of nitrogens with two attached hydrogens (primary N) is 1. The average molecular weight is 353 g/mol. The zero-order valence-corrected chi connectivity index (χ0v) is 15.5. The van der Waals surface area contributed by atoms with Crippen molar-refractivity contribution in [3.63, 3.8) is 0 Å². The van der Waals surface area contributed by atoms with Crippen LogP contribution in [0.15, 0.2) is 59.1 Å². The van der Waals surface area contributed by atoms with Crippen molar-refractivity contribution in [2.45, 2.75) is 13.3 Å². The van der Waals surface area contributed by atoms with Gasteiger partial charge in [-0.15, -0.1) is 0 Å². The summed E-state index contributed by atoms with van der Waals surface area (Å²) in [5, 5.41) is 0. The van der Waals surface area contributed by atoms with Crippen LogP contribution in [0.25, 0.3) is 0 Å². The molecule has 1 aromatic carbocycles. The van der Waals surface area contributed by atoms with E-state index in [0.29, 0.717) is 19.8 Å². The summed E-state index contributed by atoms with van der Waals surface area (Å²) in [6, 6.07) is 8.48. The quantitative estimate of drug-likeness (QED) is 0.902. The van der Waals surface area contributed by atoms with Crippen LogP contribution in [0, 0.1) is 6.92 Å². The van der Waals surface area contributed by atoms with E-state index in [1.54, 1.807) is 0 Å². The Hall–Kier alpha value is -2.08. The highest BCUT2D eigenvalue weighted by molar-refractivity contribution is 5.71. The van der Waals surface area contributed by atoms with Crippen molar-refractivity contribution in [1.29, 1.82) is 0 Å². The number of allylic oxidation sites excluding steroid dienone is 1. The molecule has 2 fully saturated rings. The van der Waals surface area contributed by atoms with E-state index in [2.05, 4.69) is 47.6 Å². The number of rotatable bonds is 4. The molecule has 0 radical (unpaired) electrons. The first-order chi connectivity index (χ1) is 12.7. The molecule has 5 heteroatoms. The Morgan fingerprint density at radius 1 is 1.08 bits per heavy atom. The number of ether oxygens (including phenoxy) is 2. The van der Waals surface area contributed by atoms with Gasteiger partial charge in [0.25, 0.3) is 0 Å². The van der Waals surface area contributed by atoms with E-state index in [9.17, 15) is 0 Å². The average Bonchev–Trinajstić information content (AvgIpc) is 3.14. The van der Waals surface area contributed by atoms with Crippen LogP contribution in [0.2, 0.25) is 0 Å². The van der Waals surface area contributed by atoms with Crippen molar-refractivity contribution in [3.8, 4) is 0 Å². The SMILES string of the molecule is C=C1C(CCN)=C2COCC2=C(N2CCOCC2)N1c1ccccc1C. The molecule has 138 valence electrons. The first-order valence-corrected chi connectivity index (χ1v) is 9.33. The highest BCUT2D eigenvalue weighted by Crippen LogP contribution is 2.43. The Morgan fingerprint density at radius 2 is 1.81 bits per heavy atom. The van der Waals surface area contributed by atoms with Gasteiger partial charge >= 0.3 is 0 Å². The normalized spacial score (nSPS) is 20.9. The number of aryl methyl sites for hydroxylation is 1. The van der Waals surface area contributed by atoms with Gasteiger partial charge in [-0.05, 0) is 42.7 Å². The molecule has 0 aliphatic carbocycles. The van der Waals surface area contributed by atoms with E-state index < -0.39 is 0 Å². The number of para-hydroxylation sites is 1. The molecule has 0 bridgehead atoms. The molecule has 3 aliphatic heterocycles. The fraction of sp³-hybridized carbons (Fsp3) is 0.429. The first kappa shape index (κ1) is 17.3. The number of anilines is 1. The van der Waals surface area contributed by atoms with Crippen LogP contribution in [0.4, 0.5) is 5.69 Å². The highest BCUT2D eigenvalue weighted by Gasteiger charge is 2.36. The van der Waals surface area contributed by atoms with Gasteiger partial charge in [-0.25, -0.2) is 0 Å². The minimum atomic E-state index is 0.611. The molecule has 3 aliphatic rings. The Morgan fingerprint density at radius 3 is 2.54 bits per heavy atom. The Labute approximate surface area is 155 Å². The summed E-state index contributed by atoms with van der Waals surface area (Å²) in [6.45, 7) is 11.8. The minimum absolute atomic E-state index is 0.611. The van der Waals surface area contributed by atoms with Crippen LogP contribution in [0.3, 0.4) is 0 Å². The van der Waals surface area contributed by atoms with Crippen LogP contribution in [-0.4, -0.2) is 51.0 Å². The molecule has 5 nitrogen and oxygen atoms in total. The molecule has 4 rings (SSSR count). The molecule has 2 saturated heterocycles. The zero-order chi connectivity index (χ0) is 18.1. The van der Waals surface area contributed by atoms with E-state index in [0.717, 1.165) is 38.4 Å². The van der Waals surface area contributed by atoms with Gasteiger partial charge in [0, 0.05) is 24.4 Å². The predicted molar refractivity (Wildman–Crippen MR) is 104 cm³/mol. The maximum absolute atomic E-state index is 5.92. The first-order valence-electron chi connectivity index (χ1n) is 9.33. The van der Waals surface area contributed by atoms with Crippen molar-refractivity contribution >= 4 is 5.69 Å². The maximum Gasteiger partial charge on any atom is 0.119 e. The highest BCUT2D eigenvalue weighted by atomic mass is 16.5. The molecule has 0 saturated carbocycles. The number of benzene rings is 1. The second kappa shape index (κ2) is 7.27. The third kappa shape index (κ3) is 2.86. The molecule has 0 amide bonds.